The Balaban J connectivity index is 2.57. The number of aliphatic imine (C=N–C) groups is 1. The zero-order chi connectivity index (χ0) is 9.52. The lowest BCUT2D eigenvalue weighted by Crippen LogP contribution is -2.31. The number of aromatic nitrogens is 2. The second kappa shape index (κ2) is 5.57. The Kier molecular flexibility index (Phi) is 4.30. The lowest BCUT2D eigenvalue weighted by molar-refractivity contribution is 0.208. The second-order valence-electron chi connectivity index (χ2n) is 2.16. The van der Waals surface area contributed by atoms with Gasteiger partial charge in [-0.3, -0.25) is 4.99 Å². The van der Waals surface area contributed by atoms with Crippen LogP contribution in [-0.4, -0.2) is 35.7 Å². The van der Waals surface area contributed by atoms with Crippen LogP contribution in [0.1, 0.15) is 5.69 Å². The van der Waals surface area contributed by atoms with Crippen LogP contribution < -0.4 is 11.3 Å². The molecule has 0 saturated heterocycles. The summed E-state index contributed by atoms with van der Waals surface area (Å²) < 4.78 is 8.55. The average molecular weight is 201 g/mol. The predicted octanol–water partition coefficient (Wildman–Crippen LogP) is -0.606. The Hall–Kier alpha value is -1.05. The molecule has 0 bridgehead atoms. The van der Waals surface area contributed by atoms with E-state index in [-0.39, 0.29) is 0 Å². The van der Waals surface area contributed by atoms with Crippen LogP contribution in [0.4, 0.5) is 0 Å². The van der Waals surface area contributed by atoms with Gasteiger partial charge in [0.25, 0.3) is 0 Å². The van der Waals surface area contributed by atoms with E-state index >= 15 is 0 Å². The number of nitrogens with two attached hydrogens (primary N) is 1. The molecule has 13 heavy (non-hydrogen) atoms. The number of hydrazine groups is 1. The predicted molar refractivity (Wildman–Crippen MR) is 50.5 cm³/mol. The third-order valence-corrected chi connectivity index (χ3v) is 1.81. The van der Waals surface area contributed by atoms with Gasteiger partial charge in [0, 0.05) is 12.5 Å². The number of nitrogens with one attached hydrogen (secondary N) is 1. The summed E-state index contributed by atoms with van der Waals surface area (Å²) in [6.07, 6.45) is 0. The van der Waals surface area contributed by atoms with E-state index < -0.39 is 0 Å². The molecule has 0 unspecified atom stereocenters. The molecule has 1 rings (SSSR count). The van der Waals surface area contributed by atoms with Crippen LogP contribution >= 0.6 is 11.5 Å². The second-order valence-corrected chi connectivity index (χ2v) is 2.77. The molecule has 3 N–H and O–H groups in total. The lowest BCUT2D eigenvalue weighted by Gasteiger charge is -2.00. The van der Waals surface area contributed by atoms with E-state index in [1.54, 1.807) is 12.5 Å². The fourth-order valence-corrected chi connectivity index (χ4v) is 1.16. The molecule has 1 aromatic rings. The zero-order valence-electron chi connectivity index (χ0n) is 7.23. The molecule has 0 aliphatic carbocycles. The highest BCUT2D eigenvalue weighted by atomic mass is 32.1. The maximum Gasteiger partial charge on any atom is 0.164 e. The van der Waals surface area contributed by atoms with Crippen molar-refractivity contribution in [3.05, 3.63) is 11.1 Å². The van der Waals surface area contributed by atoms with Crippen molar-refractivity contribution in [1.29, 1.82) is 0 Å². The van der Waals surface area contributed by atoms with Gasteiger partial charge < -0.3 is 10.2 Å². The lowest BCUT2D eigenvalue weighted by atomic mass is 10.4. The average Bonchev–Trinajstić information content (AvgIpc) is 2.65. The van der Waals surface area contributed by atoms with Crippen LogP contribution in [0.3, 0.4) is 0 Å². The summed E-state index contributed by atoms with van der Waals surface area (Å²) >= 11 is 1.25. The molecule has 6 nitrogen and oxygen atoms in total. The molecule has 0 aliphatic rings. The fourth-order valence-electron chi connectivity index (χ4n) is 0.717. The van der Waals surface area contributed by atoms with Crippen LogP contribution in [0.2, 0.25) is 0 Å². The minimum absolute atomic E-state index is 0.533. The number of nitrogens with zero attached hydrogens (tertiary/aromatic N) is 3. The summed E-state index contributed by atoms with van der Waals surface area (Å²) in [5, 5.41) is 5.59. The molecule has 0 radical (unpaired) electrons. The smallest absolute Gasteiger partial charge is 0.164 e. The van der Waals surface area contributed by atoms with E-state index in [2.05, 4.69) is 20.0 Å². The van der Waals surface area contributed by atoms with E-state index in [9.17, 15) is 0 Å². The van der Waals surface area contributed by atoms with Crippen LogP contribution in [0.5, 0.6) is 0 Å². The number of methoxy groups -OCH3 is 1. The highest BCUT2D eigenvalue weighted by Crippen LogP contribution is 1.96. The van der Waals surface area contributed by atoms with Crippen molar-refractivity contribution in [2.24, 2.45) is 10.8 Å². The first kappa shape index (κ1) is 10.0. The van der Waals surface area contributed by atoms with Gasteiger partial charge in [0.15, 0.2) is 5.84 Å². The molecule has 0 aliphatic heterocycles. The largest absolute Gasteiger partial charge is 0.383 e. The Labute approximate surface area is 79.9 Å². The molecule has 72 valence electrons. The Morgan fingerprint density at radius 2 is 2.69 bits per heavy atom. The van der Waals surface area contributed by atoms with Crippen LogP contribution in [0, 0.1) is 0 Å². The summed E-state index contributed by atoms with van der Waals surface area (Å²) in [5.41, 5.74) is 3.12. The molecule has 1 aromatic heterocycles. The van der Waals surface area contributed by atoms with Crippen LogP contribution in [0.15, 0.2) is 10.4 Å². The molecule has 0 saturated carbocycles. The number of hydrogen-bond acceptors (Lipinski definition) is 6. The van der Waals surface area contributed by atoms with Crippen molar-refractivity contribution in [3.63, 3.8) is 0 Å². The Bertz CT molecular complexity index is 260. The third kappa shape index (κ3) is 3.05. The maximum absolute atomic E-state index is 5.26. The van der Waals surface area contributed by atoms with E-state index in [4.69, 9.17) is 10.6 Å². The van der Waals surface area contributed by atoms with Gasteiger partial charge in [-0.2, -0.15) is 0 Å². The molecular weight excluding hydrogens is 190 g/mol. The fraction of sp³-hybridized carbons (Fsp3) is 0.500. The van der Waals surface area contributed by atoms with Gasteiger partial charge in [-0.15, -0.1) is 5.10 Å². The first-order valence-corrected chi connectivity index (χ1v) is 4.49. The van der Waals surface area contributed by atoms with Crippen molar-refractivity contribution >= 4 is 17.4 Å². The van der Waals surface area contributed by atoms with Crippen molar-refractivity contribution in [2.45, 2.75) is 0 Å². The summed E-state index contributed by atoms with van der Waals surface area (Å²) in [6.45, 7) is 1.11. The van der Waals surface area contributed by atoms with Gasteiger partial charge in [-0.25, -0.2) is 5.84 Å². The monoisotopic (exact) mass is 201 g/mol. The van der Waals surface area contributed by atoms with Crippen molar-refractivity contribution in [1.82, 2.24) is 15.0 Å². The molecule has 0 amide bonds. The van der Waals surface area contributed by atoms with Crippen molar-refractivity contribution < 1.29 is 4.74 Å². The molecule has 0 aromatic carbocycles. The van der Waals surface area contributed by atoms with Gasteiger partial charge in [0.05, 0.1) is 13.2 Å². The van der Waals surface area contributed by atoms with Crippen molar-refractivity contribution in [3.8, 4) is 0 Å². The standard InChI is InChI=1S/C6H11N5OS/c1-12-3-2-8-6(9-7)5-4-13-11-10-5/h4H,2-3,7H2,1H3,(H,8,9). The Morgan fingerprint density at radius 1 is 1.85 bits per heavy atom. The third-order valence-electron chi connectivity index (χ3n) is 1.30. The molecule has 0 spiro atoms. The Morgan fingerprint density at radius 3 is 3.23 bits per heavy atom. The van der Waals surface area contributed by atoms with Gasteiger partial charge in [-0.1, -0.05) is 4.49 Å². The van der Waals surface area contributed by atoms with E-state index in [0.717, 1.165) is 0 Å². The number of amidine groups is 1. The van der Waals surface area contributed by atoms with Crippen LogP contribution in [-0.2, 0) is 4.74 Å². The van der Waals surface area contributed by atoms with Gasteiger partial charge >= 0.3 is 0 Å². The van der Waals surface area contributed by atoms with E-state index in [1.807, 2.05) is 0 Å². The van der Waals surface area contributed by atoms with Gasteiger partial charge in [0.2, 0.25) is 0 Å². The minimum Gasteiger partial charge on any atom is -0.383 e. The highest BCUT2D eigenvalue weighted by Gasteiger charge is 2.03. The first-order chi connectivity index (χ1) is 6.38. The quantitative estimate of drug-likeness (QED) is 0.223. The van der Waals surface area contributed by atoms with Gasteiger partial charge in [-0.05, 0) is 11.5 Å². The summed E-state index contributed by atoms with van der Waals surface area (Å²) in [6, 6.07) is 0. The summed E-state index contributed by atoms with van der Waals surface area (Å²) in [5.74, 6) is 5.79. The number of hydrogen-bond donors (Lipinski definition) is 2. The molecule has 0 atom stereocenters. The normalized spacial score (nSPS) is 11.7. The maximum atomic E-state index is 5.26. The number of rotatable bonds is 4. The highest BCUT2D eigenvalue weighted by molar-refractivity contribution is 7.03. The summed E-state index contributed by atoms with van der Waals surface area (Å²) in [7, 11) is 1.62. The van der Waals surface area contributed by atoms with E-state index in [1.165, 1.54) is 11.5 Å². The zero-order valence-corrected chi connectivity index (χ0v) is 8.04. The van der Waals surface area contributed by atoms with E-state index in [0.29, 0.717) is 24.7 Å². The molecular formula is C6H11N5OS. The van der Waals surface area contributed by atoms with Crippen LogP contribution in [0.25, 0.3) is 0 Å². The SMILES string of the molecule is COCCN=C(NN)c1csnn1. The topological polar surface area (TPSA) is 85.4 Å². The molecule has 0 fully saturated rings. The minimum atomic E-state index is 0.533. The number of ether oxygens (including phenoxy) is 1. The van der Waals surface area contributed by atoms with Gasteiger partial charge in [0.1, 0.15) is 5.69 Å². The molecule has 1 heterocycles. The first-order valence-electron chi connectivity index (χ1n) is 3.66. The van der Waals surface area contributed by atoms with Crippen molar-refractivity contribution in [2.75, 3.05) is 20.3 Å². The molecule has 7 heteroatoms. The summed E-state index contributed by atoms with van der Waals surface area (Å²) in [4.78, 5) is 4.13.